The van der Waals surface area contributed by atoms with Gasteiger partial charge in [0.05, 0.1) is 13.2 Å². The van der Waals surface area contributed by atoms with Crippen LogP contribution in [0.3, 0.4) is 0 Å². The highest BCUT2D eigenvalue weighted by atomic mass is 19.3. The van der Waals surface area contributed by atoms with Crippen molar-refractivity contribution in [3.63, 3.8) is 0 Å². The molecule has 3 saturated heterocycles. The SMILES string of the molecule is C=C(/C=C1/CN(C2CCC(=O)NC2=O)C(=O)C1=C)CNC(=O)C(F)(F)c1cccc(N2CCOCC2)c1. The molecule has 196 valence electrons. The number of nitrogens with zero attached hydrogens (tertiary/aromatic N) is 2. The van der Waals surface area contributed by atoms with Crippen LogP contribution in [-0.4, -0.2) is 74.0 Å². The molecule has 0 bridgehead atoms. The van der Waals surface area contributed by atoms with E-state index in [2.05, 4.69) is 23.8 Å². The Morgan fingerprint density at radius 2 is 1.97 bits per heavy atom. The molecular weight excluding hydrogens is 486 g/mol. The number of benzene rings is 1. The standard InChI is InChI=1S/C26H28F2N4O5/c1-16(12-18-15-32(24(35)17(18)2)21-6-7-22(33)30-23(21)34)14-29-25(36)26(27,28)19-4-3-5-20(13-19)31-8-10-37-11-9-31/h3-5,12-13,21H,1-2,6-11,14-15H2,(H,29,36)(H,30,33,34)/b18-12-. The average Bonchev–Trinajstić information content (AvgIpc) is 3.16. The Morgan fingerprint density at radius 1 is 1.24 bits per heavy atom. The Kier molecular flexibility index (Phi) is 7.53. The van der Waals surface area contributed by atoms with Crippen LogP contribution in [0.1, 0.15) is 18.4 Å². The van der Waals surface area contributed by atoms with Crippen molar-refractivity contribution in [2.45, 2.75) is 24.8 Å². The van der Waals surface area contributed by atoms with E-state index in [-0.39, 0.29) is 37.1 Å². The molecule has 1 aromatic carbocycles. The zero-order chi connectivity index (χ0) is 26.7. The number of hydrogen-bond donors (Lipinski definition) is 2. The zero-order valence-corrected chi connectivity index (χ0v) is 20.2. The molecule has 0 radical (unpaired) electrons. The minimum absolute atomic E-state index is 0.0569. The van der Waals surface area contributed by atoms with Crippen LogP contribution in [0.5, 0.6) is 0 Å². The Bertz CT molecular complexity index is 1190. The number of piperidine rings is 1. The Morgan fingerprint density at radius 3 is 2.68 bits per heavy atom. The van der Waals surface area contributed by atoms with Crippen LogP contribution >= 0.6 is 0 Å². The number of hydrogen-bond acceptors (Lipinski definition) is 6. The average molecular weight is 515 g/mol. The van der Waals surface area contributed by atoms with Crippen molar-refractivity contribution in [1.29, 1.82) is 0 Å². The first-order valence-corrected chi connectivity index (χ1v) is 11.9. The lowest BCUT2D eigenvalue weighted by atomic mass is 10.0. The third kappa shape index (κ3) is 5.61. The largest absolute Gasteiger partial charge is 0.378 e. The van der Waals surface area contributed by atoms with Gasteiger partial charge in [-0.3, -0.25) is 24.5 Å². The molecule has 37 heavy (non-hydrogen) atoms. The quantitative estimate of drug-likeness (QED) is 0.421. The number of carbonyl (C=O) groups excluding carboxylic acids is 4. The number of imide groups is 1. The summed E-state index contributed by atoms with van der Waals surface area (Å²) in [6.45, 7) is 9.48. The third-order valence-corrected chi connectivity index (χ3v) is 6.56. The van der Waals surface area contributed by atoms with E-state index in [1.54, 1.807) is 6.07 Å². The maximum atomic E-state index is 15.0. The van der Waals surface area contributed by atoms with E-state index < -0.39 is 41.2 Å². The van der Waals surface area contributed by atoms with Gasteiger partial charge in [0.2, 0.25) is 11.8 Å². The van der Waals surface area contributed by atoms with E-state index in [0.717, 1.165) is 0 Å². The van der Waals surface area contributed by atoms with Gasteiger partial charge in [0, 0.05) is 49.4 Å². The Hall–Kier alpha value is -3.86. The van der Waals surface area contributed by atoms with Crippen molar-refractivity contribution in [2.75, 3.05) is 44.3 Å². The maximum Gasteiger partial charge on any atom is 0.349 e. The number of ether oxygens (including phenoxy) is 1. The molecule has 1 atom stereocenters. The fraction of sp³-hybridized carbons (Fsp3) is 0.385. The second-order valence-corrected chi connectivity index (χ2v) is 9.11. The summed E-state index contributed by atoms with van der Waals surface area (Å²) in [6.07, 6.45) is 1.81. The van der Waals surface area contributed by atoms with Crippen LogP contribution in [0.2, 0.25) is 0 Å². The van der Waals surface area contributed by atoms with E-state index >= 15 is 0 Å². The van der Waals surface area contributed by atoms with Crippen LogP contribution in [0.25, 0.3) is 0 Å². The van der Waals surface area contributed by atoms with Gasteiger partial charge >= 0.3 is 5.92 Å². The number of anilines is 1. The summed E-state index contributed by atoms with van der Waals surface area (Å²) in [7, 11) is 0. The normalized spacial score (nSPS) is 21.9. The lowest BCUT2D eigenvalue weighted by molar-refractivity contribution is -0.146. The molecule has 0 saturated carbocycles. The van der Waals surface area contributed by atoms with Gasteiger partial charge in [-0.05, 0) is 29.7 Å². The fourth-order valence-electron chi connectivity index (χ4n) is 4.48. The van der Waals surface area contributed by atoms with Gasteiger partial charge in [0.15, 0.2) is 0 Å². The minimum atomic E-state index is -3.77. The van der Waals surface area contributed by atoms with E-state index in [9.17, 15) is 28.0 Å². The fourth-order valence-corrected chi connectivity index (χ4v) is 4.48. The predicted molar refractivity (Wildman–Crippen MR) is 131 cm³/mol. The number of likely N-dealkylation sites (tertiary alicyclic amines) is 1. The Balaban J connectivity index is 1.37. The van der Waals surface area contributed by atoms with Crippen molar-refractivity contribution >= 4 is 29.3 Å². The van der Waals surface area contributed by atoms with Gasteiger partial charge in [-0.2, -0.15) is 8.78 Å². The molecule has 0 aliphatic carbocycles. The first-order chi connectivity index (χ1) is 17.6. The zero-order valence-electron chi connectivity index (χ0n) is 20.2. The summed E-state index contributed by atoms with van der Waals surface area (Å²) < 4.78 is 35.2. The molecule has 3 heterocycles. The summed E-state index contributed by atoms with van der Waals surface area (Å²) in [5.41, 5.74) is 1.04. The highest BCUT2D eigenvalue weighted by Crippen LogP contribution is 2.32. The number of morpholine rings is 1. The number of carbonyl (C=O) groups is 4. The number of rotatable bonds is 7. The first kappa shape index (κ1) is 26.2. The second-order valence-electron chi connectivity index (χ2n) is 9.11. The molecule has 1 aromatic rings. The molecule has 4 amide bonds. The van der Waals surface area contributed by atoms with Crippen LogP contribution in [0.4, 0.5) is 14.5 Å². The molecule has 3 aliphatic rings. The molecule has 4 rings (SSSR count). The molecular formula is C26H28F2N4O5. The minimum Gasteiger partial charge on any atom is -0.378 e. The lowest BCUT2D eigenvalue weighted by Crippen LogP contribution is -2.52. The van der Waals surface area contributed by atoms with Gasteiger partial charge in [-0.25, -0.2) is 0 Å². The number of amides is 4. The third-order valence-electron chi connectivity index (χ3n) is 6.56. The Labute approximate surface area is 212 Å². The molecule has 11 heteroatoms. The first-order valence-electron chi connectivity index (χ1n) is 11.9. The van der Waals surface area contributed by atoms with Crippen LogP contribution < -0.4 is 15.5 Å². The van der Waals surface area contributed by atoms with Crippen molar-refractivity contribution < 1.29 is 32.7 Å². The molecule has 1 unspecified atom stereocenters. The monoisotopic (exact) mass is 514 g/mol. The number of nitrogens with one attached hydrogen (secondary N) is 2. The van der Waals surface area contributed by atoms with E-state index in [1.807, 2.05) is 4.90 Å². The van der Waals surface area contributed by atoms with Crippen LogP contribution in [0, 0.1) is 0 Å². The van der Waals surface area contributed by atoms with Gasteiger partial charge in [0.25, 0.3) is 11.8 Å². The van der Waals surface area contributed by atoms with Gasteiger partial charge in [0.1, 0.15) is 6.04 Å². The van der Waals surface area contributed by atoms with Gasteiger partial charge in [-0.1, -0.05) is 31.4 Å². The van der Waals surface area contributed by atoms with Crippen LogP contribution in [0.15, 0.2) is 60.2 Å². The molecule has 0 aromatic heterocycles. The summed E-state index contributed by atoms with van der Waals surface area (Å²) in [5, 5.41) is 4.42. The summed E-state index contributed by atoms with van der Waals surface area (Å²) >= 11 is 0. The highest BCUT2D eigenvalue weighted by molar-refractivity contribution is 6.06. The van der Waals surface area contributed by atoms with Crippen molar-refractivity contribution in [3.8, 4) is 0 Å². The van der Waals surface area contributed by atoms with E-state index in [1.165, 1.54) is 29.2 Å². The van der Waals surface area contributed by atoms with Crippen molar-refractivity contribution in [2.24, 2.45) is 0 Å². The number of halogens is 2. The van der Waals surface area contributed by atoms with Gasteiger partial charge < -0.3 is 19.9 Å². The predicted octanol–water partition coefficient (Wildman–Crippen LogP) is 1.42. The maximum absolute atomic E-state index is 15.0. The molecule has 2 N–H and O–H groups in total. The summed E-state index contributed by atoms with van der Waals surface area (Å²) in [4.78, 5) is 51.8. The van der Waals surface area contributed by atoms with Crippen LogP contribution in [-0.2, 0) is 29.8 Å². The summed E-state index contributed by atoms with van der Waals surface area (Å²) in [6, 6.07) is 4.91. The van der Waals surface area contributed by atoms with Crippen molar-refractivity contribution in [1.82, 2.24) is 15.5 Å². The molecule has 3 aliphatic heterocycles. The molecule has 3 fully saturated rings. The highest BCUT2D eigenvalue weighted by Gasteiger charge is 2.42. The van der Waals surface area contributed by atoms with Crippen molar-refractivity contribution in [3.05, 3.63) is 65.8 Å². The smallest absolute Gasteiger partial charge is 0.349 e. The van der Waals surface area contributed by atoms with E-state index in [4.69, 9.17) is 4.74 Å². The van der Waals surface area contributed by atoms with Gasteiger partial charge in [-0.15, -0.1) is 0 Å². The molecule has 0 spiro atoms. The topological polar surface area (TPSA) is 108 Å². The lowest BCUT2D eigenvalue weighted by Gasteiger charge is -2.29. The summed E-state index contributed by atoms with van der Waals surface area (Å²) in [5.74, 6) is -6.64. The second kappa shape index (κ2) is 10.6. The molecule has 9 nitrogen and oxygen atoms in total. The number of alkyl halides is 2. The van der Waals surface area contributed by atoms with E-state index in [0.29, 0.717) is 37.6 Å².